The SMILES string of the molecule is CC(C)OC(=O)N=NC(=O)OC(C)C.O=C(O)OC(=O)O. The second kappa shape index (κ2) is 11.1. The van der Waals surface area contributed by atoms with E-state index in [0.29, 0.717) is 0 Å². The molecule has 0 spiro atoms. The number of hydrogen-bond acceptors (Lipinski definition) is 7. The fraction of sp³-hybridized carbons (Fsp3) is 0.600. The van der Waals surface area contributed by atoms with Crippen molar-refractivity contribution in [2.24, 2.45) is 10.2 Å². The summed E-state index contributed by atoms with van der Waals surface area (Å²) in [6.07, 6.45) is -6.01. The molecule has 0 aliphatic heterocycles. The third-order valence-corrected chi connectivity index (χ3v) is 1.06. The van der Waals surface area contributed by atoms with E-state index in [0.717, 1.165) is 0 Å². The lowest BCUT2D eigenvalue weighted by Crippen LogP contribution is -2.09. The van der Waals surface area contributed by atoms with E-state index in [2.05, 4.69) is 24.4 Å². The highest BCUT2D eigenvalue weighted by Gasteiger charge is 2.06. The first-order chi connectivity index (χ1) is 9.54. The number of rotatable bonds is 2. The molecule has 11 heteroatoms. The highest BCUT2D eigenvalue weighted by Crippen LogP contribution is 1.96. The van der Waals surface area contributed by atoms with Crippen molar-refractivity contribution in [2.75, 3.05) is 0 Å². The Bertz CT molecular complexity index is 367. The molecule has 0 aromatic heterocycles. The molecule has 2 N–H and O–H groups in total. The van der Waals surface area contributed by atoms with Crippen molar-refractivity contribution in [1.29, 1.82) is 0 Å². The molecular formula is C10H16N2O9. The molecule has 0 bridgehead atoms. The van der Waals surface area contributed by atoms with E-state index in [1.54, 1.807) is 27.7 Å². The molecule has 0 rings (SSSR count). The second-order valence-corrected chi connectivity index (χ2v) is 3.70. The number of nitrogens with zero attached hydrogens (tertiary/aromatic N) is 2. The Balaban J connectivity index is 0. The van der Waals surface area contributed by atoms with Crippen molar-refractivity contribution >= 4 is 24.5 Å². The van der Waals surface area contributed by atoms with E-state index in [1.807, 2.05) is 0 Å². The van der Waals surface area contributed by atoms with E-state index in [1.165, 1.54) is 0 Å². The third-order valence-electron chi connectivity index (χ3n) is 1.06. The summed E-state index contributed by atoms with van der Waals surface area (Å²) >= 11 is 0. The van der Waals surface area contributed by atoms with Gasteiger partial charge in [0, 0.05) is 0 Å². The van der Waals surface area contributed by atoms with Crippen LogP contribution in [0, 0.1) is 0 Å². The van der Waals surface area contributed by atoms with Gasteiger partial charge < -0.3 is 24.4 Å². The van der Waals surface area contributed by atoms with Gasteiger partial charge in [0.1, 0.15) is 0 Å². The van der Waals surface area contributed by atoms with Crippen LogP contribution in [0.3, 0.4) is 0 Å². The van der Waals surface area contributed by atoms with E-state index >= 15 is 0 Å². The fourth-order valence-corrected chi connectivity index (χ4v) is 0.607. The average Bonchev–Trinajstić information content (AvgIpc) is 2.23. The number of hydrogen-bond donors (Lipinski definition) is 2. The zero-order valence-electron chi connectivity index (χ0n) is 11.8. The summed E-state index contributed by atoms with van der Waals surface area (Å²) in [5, 5.41) is 21.0. The number of carbonyl (C=O) groups is 4. The Morgan fingerprint density at radius 2 is 1.05 bits per heavy atom. The zero-order valence-corrected chi connectivity index (χ0v) is 11.8. The highest BCUT2D eigenvalue weighted by molar-refractivity contribution is 5.74. The van der Waals surface area contributed by atoms with Gasteiger partial charge in [-0.1, -0.05) is 10.2 Å². The number of amides is 2. The molecule has 0 heterocycles. The van der Waals surface area contributed by atoms with Crippen LogP contribution in [-0.4, -0.2) is 46.9 Å². The quantitative estimate of drug-likeness (QED) is 0.338. The highest BCUT2D eigenvalue weighted by atomic mass is 16.7. The standard InChI is InChI=1S/C8H14N2O4.C2H2O5/c1-5(2)13-7(11)9-10-8(12)14-6(3)4;3-1(4)7-2(5)6/h5-6H,1-4H3;(H,3,4)(H,5,6). The minimum absolute atomic E-state index is 0.289. The fourth-order valence-electron chi connectivity index (χ4n) is 0.607. The topological polar surface area (TPSA) is 161 Å². The maximum absolute atomic E-state index is 10.8. The third kappa shape index (κ3) is 19.8. The predicted octanol–water partition coefficient (Wildman–Crippen LogP) is 2.89. The molecule has 0 aromatic carbocycles. The van der Waals surface area contributed by atoms with Crippen LogP contribution < -0.4 is 0 Å². The molecule has 0 aliphatic carbocycles. The Labute approximate surface area is 119 Å². The predicted molar refractivity (Wildman–Crippen MR) is 65.2 cm³/mol. The molecule has 0 atom stereocenters. The Hall–Kier alpha value is -2.72. The Morgan fingerprint density at radius 1 is 0.762 bits per heavy atom. The lowest BCUT2D eigenvalue weighted by Gasteiger charge is -2.03. The van der Waals surface area contributed by atoms with Crippen LogP contribution in [0.5, 0.6) is 0 Å². The largest absolute Gasteiger partial charge is 0.516 e. The van der Waals surface area contributed by atoms with Crippen LogP contribution in [0.1, 0.15) is 27.7 Å². The first-order valence-electron chi connectivity index (χ1n) is 5.51. The molecule has 0 fully saturated rings. The van der Waals surface area contributed by atoms with Crippen LogP contribution >= 0.6 is 0 Å². The molecule has 120 valence electrons. The van der Waals surface area contributed by atoms with Gasteiger partial charge in [0.15, 0.2) is 0 Å². The first kappa shape index (κ1) is 20.6. The maximum atomic E-state index is 10.8. The molecule has 2 amide bonds. The van der Waals surface area contributed by atoms with Gasteiger partial charge in [0.25, 0.3) is 0 Å². The van der Waals surface area contributed by atoms with Crippen molar-refractivity contribution in [2.45, 2.75) is 39.9 Å². The Morgan fingerprint density at radius 3 is 1.19 bits per heavy atom. The average molecular weight is 308 g/mol. The number of azo groups is 1. The van der Waals surface area contributed by atoms with E-state index in [4.69, 9.17) is 10.2 Å². The van der Waals surface area contributed by atoms with Crippen molar-refractivity contribution in [3.05, 3.63) is 0 Å². The van der Waals surface area contributed by atoms with Crippen LogP contribution in [0.2, 0.25) is 0 Å². The maximum Gasteiger partial charge on any atom is 0.516 e. The van der Waals surface area contributed by atoms with Crippen molar-refractivity contribution in [1.82, 2.24) is 0 Å². The number of carbonyl (C=O) groups excluding carboxylic acids is 2. The zero-order chi connectivity index (χ0) is 17.0. The van der Waals surface area contributed by atoms with Gasteiger partial charge in [-0.2, -0.15) is 0 Å². The molecular weight excluding hydrogens is 292 g/mol. The first-order valence-corrected chi connectivity index (χ1v) is 5.51. The molecule has 0 aromatic rings. The summed E-state index contributed by atoms with van der Waals surface area (Å²) in [7, 11) is 0. The van der Waals surface area contributed by atoms with Gasteiger partial charge in [-0.05, 0) is 27.7 Å². The molecule has 0 saturated carbocycles. The van der Waals surface area contributed by atoms with E-state index in [9.17, 15) is 19.2 Å². The molecule has 21 heavy (non-hydrogen) atoms. The van der Waals surface area contributed by atoms with Crippen molar-refractivity contribution < 1.29 is 43.6 Å². The van der Waals surface area contributed by atoms with Crippen molar-refractivity contribution in [3.63, 3.8) is 0 Å². The van der Waals surface area contributed by atoms with Crippen LogP contribution in [0.15, 0.2) is 10.2 Å². The van der Waals surface area contributed by atoms with Crippen LogP contribution in [0.4, 0.5) is 19.2 Å². The summed E-state index contributed by atoms with van der Waals surface area (Å²) < 4.78 is 12.3. The molecule has 0 radical (unpaired) electrons. The summed E-state index contributed by atoms with van der Waals surface area (Å²) in [5.74, 6) is 0. The number of carboxylic acid groups (broad SMARTS) is 2. The summed E-state index contributed by atoms with van der Waals surface area (Å²) in [5.41, 5.74) is 0. The minimum Gasteiger partial charge on any atom is -0.449 e. The lowest BCUT2D eigenvalue weighted by atomic mass is 10.5. The Kier molecular flexibility index (Phi) is 10.9. The minimum atomic E-state index is -1.81. The number of ether oxygens (including phenoxy) is 3. The second-order valence-electron chi connectivity index (χ2n) is 3.70. The van der Waals surface area contributed by atoms with Gasteiger partial charge in [0.05, 0.1) is 12.2 Å². The summed E-state index contributed by atoms with van der Waals surface area (Å²) in [6, 6.07) is 0. The van der Waals surface area contributed by atoms with E-state index < -0.39 is 24.5 Å². The smallest absolute Gasteiger partial charge is 0.449 e. The van der Waals surface area contributed by atoms with Gasteiger partial charge in [-0.25, -0.2) is 19.2 Å². The van der Waals surface area contributed by atoms with Crippen LogP contribution in [0.25, 0.3) is 0 Å². The molecule has 0 unspecified atom stereocenters. The monoisotopic (exact) mass is 308 g/mol. The van der Waals surface area contributed by atoms with Gasteiger partial charge >= 0.3 is 24.5 Å². The molecule has 0 aliphatic rings. The molecule has 0 saturated heterocycles. The van der Waals surface area contributed by atoms with Crippen LogP contribution in [-0.2, 0) is 14.2 Å². The summed E-state index contributed by atoms with van der Waals surface area (Å²) in [4.78, 5) is 39.9. The van der Waals surface area contributed by atoms with Gasteiger partial charge in [0.2, 0.25) is 0 Å². The van der Waals surface area contributed by atoms with Crippen molar-refractivity contribution in [3.8, 4) is 0 Å². The normalized spacial score (nSPS) is 9.81. The molecule has 11 nitrogen and oxygen atoms in total. The van der Waals surface area contributed by atoms with Gasteiger partial charge in [-0.15, -0.1) is 0 Å². The summed E-state index contributed by atoms with van der Waals surface area (Å²) in [6.45, 7) is 6.67. The van der Waals surface area contributed by atoms with Gasteiger partial charge in [-0.3, -0.25) is 0 Å². The lowest BCUT2D eigenvalue weighted by molar-refractivity contribution is 0.0801. The van der Waals surface area contributed by atoms with E-state index in [-0.39, 0.29) is 12.2 Å².